The fraction of sp³-hybridized carbons (Fsp3) is 0.217. The first-order chi connectivity index (χ1) is 14.9. The molecule has 0 bridgehead atoms. The van der Waals surface area contributed by atoms with Crippen LogP contribution in [0.25, 0.3) is 0 Å². The second-order valence-electron chi connectivity index (χ2n) is 6.81. The summed E-state index contributed by atoms with van der Waals surface area (Å²) in [5.74, 6) is 0. The van der Waals surface area contributed by atoms with Gasteiger partial charge < -0.3 is 5.11 Å². The van der Waals surface area contributed by atoms with Gasteiger partial charge >= 0.3 is 6.18 Å². The van der Waals surface area contributed by atoms with Crippen molar-refractivity contribution in [3.63, 3.8) is 0 Å². The van der Waals surface area contributed by atoms with E-state index in [1.165, 1.54) is 17.7 Å². The third-order valence-corrected chi connectivity index (χ3v) is 4.42. The van der Waals surface area contributed by atoms with Crippen LogP contribution in [-0.4, -0.2) is 11.7 Å². The van der Waals surface area contributed by atoms with Gasteiger partial charge in [0.2, 0.25) is 0 Å². The van der Waals surface area contributed by atoms with E-state index in [1.54, 1.807) is 24.3 Å². The standard InChI is InChI=1S/C23H21F3N4O/c24-23(25,26)18-6-10-20(11-7-18)28-30-22-14-12-21(13-15-22)29-27-19-8-4-17(5-9-19)3-1-2-16-31/h4-15,31H,1-3,16H2. The molecule has 3 aromatic rings. The lowest BCUT2D eigenvalue weighted by Gasteiger charge is -2.05. The first-order valence-corrected chi connectivity index (χ1v) is 9.75. The van der Waals surface area contributed by atoms with Gasteiger partial charge in [-0.15, -0.1) is 0 Å². The third-order valence-electron chi connectivity index (χ3n) is 4.42. The van der Waals surface area contributed by atoms with E-state index in [1.807, 2.05) is 24.3 Å². The summed E-state index contributed by atoms with van der Waals surface area (Å²) < 4.78 is 37.7. The van der Waals surface area contributed by atoms with Crippen molar-refractivity contribution in [2.24, 2.45) is 20.5 Å². The van der Waals surface area contributed by atoms with E-state index < -0.39 is 11.7 Å². The van der Waals surface area contributed by atoms with Gasteiger partial charge in [0.05, 0.1) is 28.3 Å². The van der Waals surface area contributed by atoms with Crippen LogP contribution in [0, 0.1) is 0 Å². The normalized spacial score (nSPS) is 12.1. The number of azo groups is 2. The summed E-state index contributed by atoms with van der Waals surface area (Å²) in [6.45, 7) is 0.210. The number of benzene rings is 3. The van der Waals surface area contributed by atoms with Crippen molar-refractivity contribution in [1.29, 1.82) is 0 Å². The zero-order valence-corrected chi connectivity index (χ0v) is 16.6. The minimum absolute atomic E-state index is 0.210. The highest BCUT2D eigenvalue weighted by atomic mass is 19.4. The van der Waals surface area contributed by atoms with Gasteiger partial charge in [-0.3, -0.25) is 0 Å². The van der Waals surface area contributed by atoms with Gasteiger partial charge in [-0.05, 0) is 85.5 Å². The van der Waals surface area contributed by atoms with E-state index in [0.29, 0.717) is 17.1 Å². The quantitative estimate of drug-likeness (QED) is 0.289. The van der Waals surface area contributed by atoms with Crippen LogP contribution in [0.4, 0.5) is 35.9 Å². The largest absolute Gasteiger partial charge is 0.416 e. The Morgan fingerprint density at radius 2 is 0.968 bits per heavy atom. The number of hydrogen-bond acceptors (Lipinski definition) is 5. The Morgan fingerprint density at radius 3 is 1.35 bits per heavy atom. The predicted octanol–water partition coefficient (Wildman–Crippen LogP) is 7.85. The van der Waals surface area contributed by atoms with E-state index in [0.717, 1.165) is 37.1 Å². The van der Waals surface area contributed by atoms with E-state index >= 15 is 0 Å². The van der Waals surface area contributed by atoms with Crippen LogP contribution in [0.3, 0.4) is 0 Å². The Labute approximate surface area is 178 Å². The molecule has 0 saturated heterocycles. The highest BCUT2D eigenvalue weighted by Gasteiger charge is 2.29. The molecule has 0 fully saturated rings. The van der Waals surface area contributed by atoms with Crippen LogP contribution in [0.2, 0.25) is 0 Å². The number of hydrogen-bond donors (Lipinski definition) is 1. The lowest BCUT2D eigenvalue weighted by molar-refractivity contribution is -0.137. The molecule has 0 saturated carbocycles. The van der Waals surface area contributed by atoms with Crippen molar-refractivity contribution in [3.05, 3.63) is 83.9 Å². The summed E-state index contributed by atoms with van der Waals surface area (Å²) in [5.41, 5.74) is 2.72. The number of aliphatic hydroxyl groups excluding tert-OH is 1. The van der Waals surface area contributed by atoms with Gasteiger partial charge in [0.25, 0.3) is 0 Å². The Kier molecular flexibility index (Phi) is 7.61. The Morgan fingerprint density at radius 1 is 0.581 bits per heavy atom. The molecule has 5 nitrogen and oxygen atoms in total. The molecule has 0 unspecified atom stereocenters. The third kappa shape index (κ3) is 7.11. The second-order valence-corrected chi connectivity index (χ2v) is 6.81. The van der Waals surface area contributed by atoms with Crippen molar-refractivity contribution in [2.45, 2.75) is 25.4 Å². The predicted molar refractivity (Wildman–Crippen MR) is 113 cm³/mol. The molecule has 0 amide bonds. The minimum Gasteiger partial charge on any atom is -0.396 e. The molecular formula is C23H21F3N4O. The summed E-state index contributed by atoms with van der Waals surface area (Å²) in [6.07, 6.45) is -1.72. The van der Waals surface area contributed by atoms with Crippen LogP contribution in [0.5, 0.6) is 0 Å². The maximum absolute atomic E-state index is 12.6. The molecule has 160 valence electrons. The van der Waals surface area contributed by atoms with Crippen LogP contribution in [0.15, 0.2) is 93.3 Å². The lowest BCUT2D eigenvalue weighted by atomic mass is 10.1. The number of halogens is 3. The molecule has 0 atom stereocenters. The SMILES string of the molecule is OCCCCc1ccc(N=Nc2ccc(N=Nc3ccc(C(F)(F)F)cc3)cc2)cc1. The smallest absolute Gasteiger partial charge is 0.396 e. The first kappa shape index (κ1) is 22.3. The Hall–Kier alpha value is -3.39. The monoisotopic (exact) mass is 426 g/mol. The molecule has 8 heteroatoms. The maximum Gasteiger partial charge on any atom is 0.416 e. The fourth-order valence-corrected chi connectivity index (χ4v) is 2.70. The van der Waals surface area contributed by atoms with Gasteiger partial charge in [-0.1, -0.05) is 12.1 Å². The summed E-state index contributed by atoms with van der Waals surface area (Å²) in [6, 6.07) is 19.1. The molecular weight excluding hydrogens is 405 g/mol. The molecule has 3 rings (SSSR count). The van der Waals surface area contributed by atoms with E-state index in [-0.39, 0.29) is 6.61 Å². The zero-order valence-electron chi connectivity index (χ0n) is 16.6. The molecule has 0 radical (unpaired) electrons. The van der Waals surface area contributed by atoms with Crippen molar-refractivity contribution in [1.82, 2.24) is 0 Å². The van der Waals surface area contributed by atoms with Crippen LogP contribution in [0.1, 0.15) is 24.0 Å². The Bertz CT molecular complexity index is 1010. The number of unbranched alkanes of at least 4 members (excludes halogenated alkanes) is 1. The maximum atomic E-state index is 12.6. The average Bonchev–Trinajstić information content (AvgIpc) is 2.78. The molecule has 0 heterocycles. The van der Waals surface area contributed by atoms with Crippen molar-refractivity contribution >= 4 is 22.7 Å². The van der Waals surface area contributed by atoms with Gasteiger partial charge in [0, 0.05) is 6.61 Å². The Balaban J connectivity index is 1.56. The molecule has 0 spiro atoms. The number of nitrogens with zero attached hydrogens (tertiary/aromatic N) is 4. The van der Waals surface area contributed by atoms with Gasteiger partial charge in [-0.25, -0.2) is 0 Å². The summed E-state index contributed by atoms with van der Waals surface area (Å²) in [7, 11) is 0. The van der Waals surface area contributed by atoms with Crippen molar-refractivity contribution in [2.75, 3.05) is 6.61 Å². The summed E-state index contributed by atoms with van der Waals surface area (Å²) in [4.78, 5) is 0. The van der Waals surface area contributed by atoms with E-state index in [4.69, 9.17) is 5.11 Å². The number of aliphatic hydroxyl groups is 1. The highest BCUT2D eigenvalue weighted by molar-refractivity contribution is 5.48. The minimum atomic E-state index is -4.37. The molecule has 0 aliphatic heterocycles. The van der Waals surface area contributed by atoms with E-state index in [2.05, 4.69) is 20.5 Å². The summed E-state index contributed by atoms with van der Waals surface area (Å²) >= 11 is 0. The molecule has 3 aromatic carbocycles. The molecule has 31 heavy (non-hydrogen) atoms. The number of aryl methyl sites for hydroxylation is 1. The van der Waals surface area contributed by atoms with Crippen molar-refractivity contribution < 1.29 is 18.3 Å². The lowest BCUT2D eigenvalue weighted by Crippen LogP contribution is -2.03. The van der Waals surface area contributed by atoms with Crippen molar-refractivity contribution in [3.8, 4) is 0 Å². The molecule has 0 aromatic heterocycles. The zero-order chi connectivity index (χ0) is 22.1. The van der Waals surface area contributed by atoms with E-state index in [9.17, 15) is 13.2 Å². The average molecular weight is 426 g/mol. The van der Waals surface area contributed by atoms with Crippen LogP contribution in [-0.2, 0) is 12.6 Å². The number of alkyl halides is 3. The topological polar surface area (TPSA) is 69.7 Å². The summed E-state index contributed by atoms with van der Waals surface area (Å²) in [5, 5.41) is 25.2. The van der Waals surface area contributed by atoms with Gasteiger partial charge in [-0.2, -0.15) is 33.6 Å². The molecule has 1 N–H and O–H groups in total. The second kappa shape index (κ2) is 10.6. The number of rotatable bonds is 8. The van der Waals surface area contributed by atoms with Gasteiger partial charge in [0.1, 0.15) is 0 Å². The van der Waals surface area contributed by atoms with Gasteiger partial charge in [0.15, 0.2) is 0 Å². The molecule has 0 aliphatic carbocycles. The first-order valence-electron chi connectivity index (χ1n) is 9.75. The highest BCUT2D eigenvalue weighted by Crippen LogP contribution is 2.31. The van der Waals surface area contributed by atoms with Crippen LogP contribution >= 0.6 is 0 Å². The van der Waals surface area contributed by atoms with Crippen LogP contribution < -0.4 is 0 Å². The fourth-order valence-electron chi connectivity index (χ4n) is 2.70. The molecule has 0 aliphatic rings.